The summed E-state index contributed by atoms with van der Waals surface area (Å²) in [5.41, 5.74) is 0. The molecule has 0 bridgehead atoms. The molecule has 7 heteroatoms. The Morgan fingerprint density at radius 1 is 1.28 bits per heavy atom. The van der Waals surface area contributed by atoms with Crippen molar-refractivity contribution in [3.8, 4) is 5.75 Å². The van der Waals surface area contributed by atoms with Crippen LogP contribution in [0.15, 0.2) is 29.2 Å². The molecule has 1 aromatic carbocycles. The monoisotopic (exact) mass is 271 g/mol. The van der Waals surface area contributed by atoms with Crippen LogP contribution in [0.1, 0.15) is 0 Å². The van der Waals surface area contributed by atoms with Crippen molar-refractivity contribution in [2.45, 2.75) is 10.9 Å². The van der Waals surface area contributed by atoms with E-state index >= 15 is 0 Å². The number of benzene rings is 1. The lowest BCUT2D eigenvalue weighted by Gasteiger charge is -2.06. The smallest absolute Gasteiger partial charge is 0.325 e. The van der Waals surface area contributed by atoms with Gasteiger partial charge in [0.2, 0.25) is 10.0 Å². The Balaban J connectivity index is 2.19. The van der Waals surface area contributed by atoms with Crippen molar-refractivity contribution in [1.29, 1.82) is 0 Å². The largest absolute Gasteiger partial charge is 0.497 e. The van der Waals surface area contributed by atoms with Gasteiger partial charge in [-0.3, -0.25) is 4.79 Å². The normalized spacial score (nSPS) is 22.3. The van der Waals surface area contributed by atoms with Crippen LogP contribution in [0.25, 0.3) is 0 Å². The minimum atomic E-state index is -3.62. The Bertz CT molecular complexity index is 551. The molecule has 1 fully saturated rings. The third-order valence-corrected chi connectivity index (χ3v) is 4.60. The number of ether oxygens (including phenoxy) is 2. The average Bonchev–Trinajstić information content (AvgIpc) is 3.18. The molecule has 0 N–H and O–H groups in total. The van der Waals surface area contributed by atoms with Crippen LogP contribution in [-0.2, 0) is 19.6 Å². The van der Waals surface area contributed by atoms with Gasteiger partial charge in [-0.25, -0.2) is 8.42 Å². The van der Waals surface area contributed by atoms with Gasteiger partial charge >= 0.3 is 5.97 Å². The van der Waals surface area contributed by atoms with Crippen molar-refractivity contribution in [2.75, 3.05) is 20.8 Å². The summed E-state index contributed by atoms with van der Waals surface area (Å²) >= 11 is 0. The lowest BCUT2D eigenvalue weighted by molar-refractivity contribution is -0.140. The highest BCUT2D eigenvalue weighted by Crippen LogP contribution is 2.29. The maximum atomic E-state index is 12.1. The SMILES string of the molecule is COC(=O)C1CN1S(=O)(=O)c1ccc(OC)cc1. The van der Waals surface area contributed by atoms with E-state index in [2.05, 4.69) is 4.74 Å². The second-order valence-electron chi connectivity index (χ2n) is 3.79. The molecule has 98 valence electrons. The number of hydrogen-bond donors (Lipinski definition) is 0. The van der Waals surface area contributed by atoms with Gasteiger partial charge in [-0.15, -0.1) is 0 Å². The lowest BCUT2D eigenvalue weighted by Crippen LogP contribution is -2.20. The van der Waals surface area contributed by atoms with E-state index in [1.54, 1.807) is 12.1 Å². The van der Waals surface area contributed by atoms with E-state index in [1.165, 1.54) is 26.4 Å². The Labute approximate surface area is 105 Å². The third-order valence-electron chi connectivity index (χ3n) is 2.71. The summed E-state index contributed by atoms with van der Waals surface area (Å²) in [6, 6.07) is 5.32. The minimum Gasteiger partial charge on any atom is -0.497 e. The van der Waals surface area contributed by atoms with Crippen LogP contribution in [0.4, 0.5) is 0 Å². The first-order valence-electron chi connectivity index (χ1n) is 5.24. The third kappa shape index (κ3) is 2.19. The first-order valence-corrected chi connectivity index (χ1v) is 6.68. The van der Waals surface area contributed by atoms with E-state index in [-0.39, 0.29) is 11.4 Å². The van der Waals surface area contributed by atoms with E-state index < -0.39 is 22.0 Å². The molecule has 1 aliphatic heterocycles. The Kier molecular flexibility index (Phi) is 3.27. The van der Waals surface area contributed by atoms with E-state index in [4.69, 9.17) is 4.74 Å². The van der Waals surface area contributed by atoms with Crippen LogP contribution in [0, 0.1) is 0 Å². The van der Waals surface area contributed by atoms with Gasteiger partial charge in [-0.1, -0.05) is 0 Å². The minimum absolute atomic E-state index is 0.134. The van der Waals surface area contributed by atoms with Gasteiger partial charge in [0.15, 0.2) is 0 Å². The van der Waals surface area contributed by atoms with Crippen molar-refractivity contribution in [2.24, 2.45) is 0 Å². The second kappa shape index (κ2) is 4.58. The molecule has 1 heterocycles. The number of rotatable bonds is 4. The molecular formula is C11H13NO5S. The molecule has 1 aromatic rings. The predicted molar refractivity (Wildman–Crippen MR) is 62.7 cm³/mol. The van der Waals surface area contributed by atoms with Gasteiger partial charge in [0.1, 0.15) is 11.8 Å². The summed E-state index contributed by atoms with van der Waals surface area (Å²) in [5, 5.41) is 0. The molecule has 0 aromatic heterocycles. The highest BCUT2D eigenvalue weighted by atomic mass is 32.2. The highest BCUT2D eigenvalue weighted by molar-refractivity contribution is 7.89. The van der Waals surface area contributed by atoms with Gasteiger partial charge in [0.05, 0.1) is 19.1 Å². The summed E-state index contributed by atoms with van der Waals surface area (Å²) in [6.45, 7) is 0.168. The molecule has 18 heavy (non-hydrogen) atoms. The zero-order valence-electron chi connectivity index (χ0n) is 9.99. The fraction of sp³-hybridized carbons (Fsp3) is 0.364. The number of esters is 1. The number of sulfonamides is 1. The Morgan fingerprint density at radius 2 is 1.89 bits per heavy atom. The van der Waals surface area contributed by atoms with Crippen molar-refractivity contribution in [1.82, 2.24) is 4.31 Å². The number of nitrogens with zero attached hydrogens (tertiary/aromatic N) is 1. The number of methoxy groups -OCH3 is 2. The molecular weight excluding hydrogens is 258 g/mol. The van der Waals surface area contributed by atoms with Crippen molar-refractivity contribution in [3.63, 3.8) is 0 Å². The average molecular weight is 271 g/mol. The van der Waals surface area contributed by atoms with E-state index in [0.29, 0.717) is 5.75 Å². The maximum absolute atomic E-state index is 12.1. The van der Waals surface area contributed by atoms with Gasteiger partial charge in [0.25, 0.3) is 0 Å². The van der Waals surface area contributed by atoms with Crippen LogP contribution in [-0.4, -0.2) is 45.5 Å². The standard InChI is InChI=1S/C11H13NO5S/c1-16-8-3-5-9(6-4-8)18(14,15)12-7-10(12)11(13)17-2/h3-6,10H,7H2,1-2H3. The fourth-order valence-electron chi connectivity index (χ4n) is 1.60. The fourth-order valence-corrected chi connectivity index (χ4v) is 3.11. The summed E-state index contributed by atoms with van der Waals surface area (Å²) in [7, 11) is -0.882. The maximum Gasteiger partial charge on any atom is 0.325 e. The van der Waals surface area contributed by atoms with E-state index in [1.807, 2.05) is 0 Å². The molecule has 2 unspecified atom stereocenters. The van der Waals surface area contributed by atoms with Crippen LogP contribution >= 0.6 is 0 Å². The quantitative estimate of drug-likeness (QED) is 0.579. The second-order valence-corrected chi connectivity index (χ2v) is 5.68. The van der Waals surface area contributed by atoms with Crippen LogP contribution in [0.2, 0.25) is 0 Å². The molecule has 0 saturated carbocycles. The summed E-state index contributed by atoms with van der Waals surface area (Å²) in [6.07, 6.45) is 0. The summed E-state index contributed by atoms with van der Waals surface area (Å²) < 4.78 is 34.8. The van der Waals surface area contributed by atoms with Crippen LogP contribution < -0.4 is 4.74 Å². The van der Waals surface area contributed by atoms with Crippen LogP contribution in [0.3, 0.4) is 0 Å². The van der Waals surface area contributed by atoms with Gasteiger partial charge in [-0.05, 0) is 24.3 Å². The van der Waals surface area contributed by atoms with E-state index in [9.17, 15) is 13.2 Å². The number of hydrogen-bond acceptors (Lipinski definition) is 5. The lowest BCUT2D eigenvalue weighted by atomic mass is 10.3. The first-order chi connectivity index (χ1) is 8.50. The van der Waals surface area contributed by atoms with Crippen molar-refractivity contribution < 1.29 is 22.7 Å². The zero-order chi connectivity index (χ0) is 13.3. The van der Waals surface area contributed by atoms with Crippen molar-refractivity contribution >= 4 is 16.0 Å². The first kappa shape index (κ1) is 12.8. The molecule has 0 aliphatic carbocycles. The number of carbonyl (C=O) groups is 1. The predicted octanol–water partition coefficient (Wildman–Crippen LogP) is 0.241. The molecule has 0 radical (unpaired) electrons. The molecule has 2 atom stereocenters. The highest BCUT2D eigenvalue weighted by Gasteiger charge is 2.50. The van der Waals surface area contributed by atoms with Crippen molar-refractivity contribution in [3.05, 3.63) is 24.3 Å². The van der Waals surface area contributed by atoms with Crippen LogP contribution in [0.5, 0.6) is 5.75 Å². The summed E-state index contributed by atoms with van der Waals surface area (Å²) in [5.74, 6) is 0.0383. The molecule has 2 rings (SSSR count). The molecule has 6 nitrogen and oxygen atoms in total. The summed E-state index contributed by atoms with van der Waals surface area (Å²) in [4.78, 5) is 11.3. The zero-order valence-corrected chi connectivity index (χ0v) is 10.8. The molecule has 1 saturated heterocycles. The Morgan fingerprint density at radius 3 is 2.39 bits per heavy atom. The topological polar surface area (TPSA) is 72.7 Å². The molecule has 1 aliphatic rings. The van der Waals surface area contributed by atoms with Gasteiger partial charge in [-0.2, -0.15) is 4.31 Å². The molecule has 0 amide bonds. The van der Waals surface area contributed by atoms with Gasteiger partial charge < -0.3 is 9.47 Å². The Hall–Kier alpha value is -1.60. The number of carbonyl (C=O) groups excluding carboxylic acids is 1. The molecule has 0 spiro atoms. The van der Waals surface area contributed by atoms with E-state index in [0.717, 1.165) is 4.31 Å². The van der Waals surface area contributed by atoms with Gasteiger partial charge in [0, 0.05) is 6.54 Å².